The first-order valence-corrected chi connectivity index (χ1v) is 10.8. The highest BCUT2D eigenvalue weighted by molar-refractivity contribution is 8.00. The van der Waals surface area contributed by atoms with Crippen LogP contribution in [0.3, 0.4) is 0 Å². The van der Waals surface area contributed by atoms with Gasteiger partial charge in [-0.15, -0.1) is 10.2 Å². The van der Waals surface area contributed by atoms with Crippen LogP contribution < -0.4 is 5.32 Å². The van der Waals surface area contributed by atoms with E-state index >= 15 is 0 Å². The molecule has 0 fully saturated rings. The summed E-state index contributed by atoms with van der Waals surface area (Å²) in [5, 5.41) is 14.2. The zero-order valence-electron chi connectivity index (χ0n) is 15.2. The van der Waals surface area contributed by atoms with Crippen LogP contribution in [0.15, 0.2) is 77.1 Å². The minimum absolute atomic E-state index is 0.0365. The monoisotopic (exact) mass is 405 g/mol. The van der Waals surface area contributed by atoms with E-state index in [0.29, 0.717) is 18.0 Å². The predicted molar refractivity (Wildman–Crippen MR) is 117 cm³/mol. The van der Waals surface area contributed by atoms with Crippen LogP contribution in [0.25, 0.3) is 10.8 Å². The molecule has 0 aliphatic carbocycles. The number of nitrogens with zero attached hydrogens (tertiary/aromatic N) is 2. The zero-order chi connectivity index (χ0) is 19.2. The number of thioether (sulfide) groups is 1. The molecule has 0 saturated carbocycles. The predicted octanol–water partition coefficient (Wildman–Crippen LogP) is 5.55. The lowest BCUT2D eigenvalue weighted by Gasteiger charge is -2.04. The molecule has 140 valence electrons. The van der Waals surface area contributed by atoms with Gasteiger partial charge in [-0.25, -0.2) is 0 Å². The van der Waals surface area contributed by atoms with Crippen molar-refractivity contribution in [1.82, 2.24) is 10.2 Å². The number of aryl methyl sites for hydroxylation is 1. The van der Waals surface area contributed by atoms with Crippen LogP contribution in [0.1, 0.15) is 17.5 Å². The lowest BCUT2D eigenvalue weighted by atomic mass is 10.1. The van der Waals surface area contributed by atoms with Crippen molar-refractivity contribution in [3.8, 4) is 0 Å². The molecule has 0 aliphatic heterocycles. The fourth-order valence-electron chi connectivity index (χ4n) is 2.96. The van der Waals surface area contributed by atoms with Gasteiger partial charge in [0.2, 0.25) is 11.0 Å². The molecule has 0 radical (unpaired) electrons. The summed E-state index contributed by atoms with van der Waals surface area (Å²) in [6, 6.07) is 24.7. The Morgan fingerprint density at radius 2 is 1.71 bits per heavy atom. The van der Waals surface area contributed by atoms with E-state index in [9.17, 15) is 4.79 Å². The van der Waals surface area contributed by atoms with Crippen LogP contribution in [0.5, 0.6) is 0 Å². The van der Waals surface area contributed by atoms with Gasteiger partial charge in [-0.2, -0.15) is 0 Å². The summed E-state index contributed by atoms with van der Waals surface area (Å²) in [6.07, 6.45) is 1.15. The molecule has 1 aromatic heterocycles. The molecule has 1 N–H and O–H groups in total. The molecule has 0 saturated heterocycles. The van der Waals surface area contributed by atoms with Crippen molar-refractivity contribution >= 4 is 44.9 Å². The van der Waals surface area contributed by atoms with Crippen LogP contribution >= 0.6 is 23.1 Å². The van der Waals surface area contributed by atoms with E-state index in [0.717, 1.165) is 15.7 Å². The van der Waals surface area contributed by atoms with Crippen LogP contribution in [-0.2, 0) is 17.0 Å². The highest BCUT2D eigenvalue weighted by Gasteiger charge is 2.10. The minimum atomic E-state index is -0.0365. The highest BCUT2D eigenvalue weighted by Crippen LogP contribution is 2.30. The van der Waals surface area contributed by atoms with Crippen molar-refractivity contribution in [3.63, 3.8) is 0 Å². The minimum Gasteiger partial charge on any atom is -0.300 e. The molecule has 0 unspecified atom stereocenters. The largest absolute Gasteiger partial charge is 0.300 e. The standard InChI is InChI=1S/C22H19N3OS2/c26-20(14-13-16-7-2-1-3-8-16)23-21-24-25-22(28-21)27-15-18-11-6-10-17-9-4-5-12-19(17)18/h1-12H,13-15H2,(H,23,24,26). The molecule has 0 spiro atoms. The average Bonchev–Trinajstić information content (AvgIpc) is 3.18. The molecule has 1 heterocycles. The zero-order valence-corrected chi connectivity index (χ0v) is 16.8. The topological polar surface area (TPSA) is 54.9 Å². The van der Waals surface area contributed by atoms with Crippen molar-refractivity contribution in [2.45, 2.75) is 22.9 Å². The summed E-state index contributed by atoms with van der Waals surface area (Å²) in [5.41, 5.74) is 2.42. The summed E-state index contributed by atoms with van der Waals surface area (Å²) in [4.78, 5) is 12.1. The van der Waals surface area contributed by atoms with Crippen LogP contribution in [0, 0.1) is 0 Å². The Morgan fingerprint density at radius 3 is 2.61 bits per heavy atom. The summed E-state index contributed by atoms with van der Waals surface area (Å²) in [6.45, 7) is 0. The molecule has 0 atom stereocenters. The maximum atomic E-state index is 12.1. The fraction of sp³-hybridized carbons (Fsp3) is 0.136. The van der Waals surface area contributed by atoms with E-state index in [-0.39, 0.29) is 5.91 Å². The summed E-state index contributed by atoms with van der Waals surface area (Å²) >= 11 is 3.06. The third-order valence-corrected chi connectivity index (χ3v) is 6.39. The van der Waals surface area contributed by atoms with Crippen LogP contribution in [0.4, 0.5) is 5.13 Å². The number of aromatic nitrogens is 2. The van der Waals surface area contributed by atoms with Crippen LogP contribution in [-0.4, -0.2) is 16.1 Å². The Hall–Kier alpha value is -2.70. The summed E-state index contributed by atoms with van der Waals surface area (Å²) in [5.74, 6) is 0.781. The van der Waals surface area contributed by atoms with Gasteiger partial charge in [-0.05, 0) is 28.3 Å². The number of carbonyl (C=O) groups is 1. The van der Waals surface area contributed by atoms with E-state index in [4.69, 9.17) is 0 Å². The molecule has 4 rings (SSSR count). The Morgan fingerprint density at radius 1 is 0.929 bits per heavy atom. The van der Waals surface area contributed by atoms with Gasteiger partial charge in [-0.3, -0.25) is 4.79 Å². The van der Waals surface area contributed by atoms with Gasteiger partial charge in [0.25, 0.3) is 0 Å². The van der Waals surface area contributed by atoms with Crippen molar-refractivity contribution < 1.29 is 4.79 Å². The van der Waals surface area contributed by atoms with Gasteiger partial charge in [0.05, 0.1) is 0 Å². The first-order chi connectivity index (χ1) is 13.8. The van der Waals surface area contributed by atoms with Gasteiger partial charge in [0.15, 0.2) is 4.34 Å². The van der Waals surface area contributed by atoms with Gasteiger partial charge in [0, 0.05) is 12.2 Å². The number of carbonyl (C=O) groups excluding carboxylic acids is 1. The van der Waals surface area contributed by atoms with Gasteiger partial charge in [0.1, 0.15) is 0 Å². The molecule has 0 bridgehead atoms. The van der Waals surface area contributed by atoms with E-state index in [1.807, 2.05) is 30.3 Å². The van der Waals surface area contributed by atoms with Gasteiger partial charge >= 0.3 is 0 Å². The van der Waals surface area contributed by atoms with E-state index in [1.54, 1.807) is 11.8 Å². The average molecular weight is 406 g/mol. The number of hydrogen-bond acceptors (Lipinski definition) is 5. The Balaban J connectivity index is 1.32. The summed E-state index contributed by atoms with van der Waals surface area (Å²) < 4.78 is 0.853. The molecule has 4 aromatic rings. The van der Waals surface area contributed by atoms with Crippen molar-refractivity contribution in [3.05, 3.63) is 83.9 Å². The van der Waals surface area contributed by atoms with Gasteiger partial charge in [-0.1, -0.05) is 95.9 Å². The maximum Gasteiger partial charge on any atom is 0.226 e. The molecule has 3 aromatic carbocycles. The molecule has 6 heteroatoms. The SMILES string of the molecule is O=C(CCc1ccccc1)Nc1nnc(SCc2cccc3ccccc23)s1. The normalized spacial score (nSPS) is 10.9. The third-order valence-electron chi connectivity index (χ3n) is 4.37. The number of rotatable bonds is 7. The number of anilines is 1. The Bertz CT molecular complexity index is 1070. The number of fused-ring (bicyclic) bond motifs is 1. The van der Waals surface area contributed by atoms with Crippen molar-refractivity contribution in [2.75, 3.05) is 5.32 Å². The Kier molecular flexibility index (Phi) is 5.99. The molecule has 0 aliphatic rings. The number of hydrogen-bond donors (Lipinski definition) is 1. The second-order valence-corrected chi connectivity index (χ2v) is 8.53. The van der Waals surface area contributed by atoms with Crippen molar-refractivity contribution in [1.29, 1.82) is 0 Å². The molecule has 28 heavy (non-hydrogen) atoms. The second-order valence-electron chi connectivity index (χ2n) is 6.33. The second kappa shape index (κ2) is 8.99. The number of benzene rings is 3. The van der Waals surface area contributed by atoms with E-state index < -0.39 is 0 Å². The quantitative estimate of drug-likeness (QED) is 0.323. The number of nitrogens with one attached hydrogen (secondary N) is 1. The van der Waals surface area contributed by atoms with E-state index in [1.165, 1.54) is 27.7 Å². The smallest absolute Gasteiger partial charge is 0.226 e. The first-order valence-electron chi connectivity index (χ1n) is 9.05. The van der Waals surface area contributed by atoms with Crippen molar-refractivity contribution in [2.24, 2.45) is 0 Å². The highest BCUT2D eigenvalue weighted by atomic mass is 32.2. The van der Waals surface area contributed by atoms with Crippen LogP contribution in [0.2, 0.25) is 0 Å². The third kappa shape index (κ3) is 4.77. The Labute approximate surface area is 172 Å². The lowest BCUT2D eigenvalue weighted by molar-refractivity contribution is -0.116. The molecular formula is C22H19N3OS2. The lowest BCUT2D eigenvalue weighted by Crippen LogP contribution is -2.12. The fourth-order valence-corrected chi connectivity index (χ4v) is 4.73. The number of amides is 1. The first kappa shape index (κ1) is 18.7. The molecule has 4 nitrogen and oxygen atoms in total. The molecule has 1 amide bonds. The maximum absolute atomic E-state index is 12.1. The van der Waals surface area contributed by atoms with E-state index in [2.05, 4.69) is 58.0 Å². The molecular weight excluding hydrogens is 386 g/mol. The summed E-state index contributed by atoms with van der Waals surface area (Å²) in [7, 11) is 0. The van der Waals surface area contributed by atoms with Gasteiger partial charge < -0.3 is 5.32 Å².